The van der Waals surface area contributed by atoms with Gasteiger partial charge in [-0.15, -0.1) is 0 Å². The number of azide groups is 1. The number of benzene rings is 1. The highest BCUT2D eigenvalue weighted by Gasteiger charge is 2.06. The van der Waals surface area contributed by atoms with E-state index in [0.717, 1.165) is 11.3 Å². The molecule has 2 aromatic rings. The van der Waals surface area contributed by atoms with Crippen LogP contribution < -0.4 is 0 Å². The van der Waals surface area contributed by atoms with Crippen molar-refractivity contribution in [2.75, 3.05) is 0 Å². The van der Waals surface area contributed by atoms with Gasteiger partial charge in [0.1, 0.15) is 0 Å². The van der Waals surface area contributed by atoms with Crippen LogP contribution in [0.1, 0.15) is 18.5 Å². The third-order valence-corrected chi connectivity index (χ3v) is 2.33. The summed E-state index contributed by atoms with van der Waals surface area (Å²) in [5, 5.41) is 7.85. The molecule has 0 radical (unpaired) electrons. The normalized spacial score (nSPS) is 11.8. The Morgan fingerprint density at radius 3 is 2.81 bits per heavy atom. The van der Waals surface area contributed by atoms with Gasteiger partial charge in [-0.05, 0) is 23.2 Å². The molecule has 1 aromatic heterocycles. The van der Waals surface area contributed by atoms with Gasteiger partial charge >= 0.3 is 0 Å². The van der Waals surface area contributed by atoms with E-state index in [1.807, 2.05) is 43.5 Å². The molecular formula is C11H11N5. The van der Waals surface area contributed by atoms with E-state index in [1.165, 1.54) is 0 Å². The fourth-order valence-electron chi connectivity index (χ4n) is 1.42. The molecule has 0 bridgehead atoms. The van der Waals surface area contributed by atoms with Crippen LogP contribution in [-0.4, -0.2) is 9.78 Å². The maximum absolute atomic E-state index is 8.35. The fourth-order valence-corrected chi connectivity index (χ4v) is 1.42. The van der Waals surface area contributed by atoms with E-state index < -0.39 is 0 Å². The topological polar surface area (TPSA) is 66.6 Å². The Morgan fingerprint density at radius 2 is 2.12 bits per heavy atom. The molecule has 2 rings (SSSR count). The summed E-state index contributed by atoms with van der Waals surface area (Å²) in [5.74, 6) is 0. The van der Waals surface area contributed by atoms with Crippen LogP contribution in [0.15, 0.2) is 47.8 Å². The summed E-state index contributed by atoms with van der Waals surface area (Å²) in [6.07, 6.45) is 3.58. The van der Waals surface area contributed by atoms with Gasteiger partial charge in [-0.2, -0.15) is 5.10 Å². The maximum Gasteiger partial charge on any atom is 0.0645 e. The summed E-state index contributed by atoms with van der Waals surface area (Å²) < 4.78 is 1.76. The molecule has 16 heavy (non-hydrogen) atoms. The first-order chi connectivity index (χ1) is 7.81. The predicted molar refractivity (Wildman–Crippen MR) is 61.1 cm³/mol. The smallest absolute Gasteiger partial charge is 0.0645 e. The van der Waals surface area contributed by atoms with Crippen molar-refractivity contribution in [3.8, 4) is 5.69 Å². The van der Waals surface area contributed by atoms with Crippen molar-refractivity contribution in [2.45, 2.75) is 13.0 Å². The highest BCUT2D eigenvalue weighted by atomic mass is 15.3. The third-order valence-electron chi connectivity index (χ3n) is 2.33. The van der Waals surface area contributed by atoms with Gasteiger partial charge in [0.15, 0.2) is 0 Å². The minimum absolute atomic E-state index is 0.192. The molecule has 0 saturated carbocycles. The molecule has 1 atom stereocenters. The molecule has 1 heterocycles. The second-order valence-corrected chi connectivity index (χ2v) is 3.43. The largest absolute Gasteiger partial charge is 0.241 e. The lowest BCUT2D eigenvalue weighted by molar-refractivity contribution is 0.806. The van der Waals surface area contributed by atoms with Crippen LogP contribution in [0.2, 0.25) is 0 Å². The van der Waals surface area contributed by atoms with Crippen molar-refractivity contribution in [1.82, 2.24) is 9.78 Å². The van der Waals surface area contributed by atoms with Crippen LogP contribution in [0.5, 0.6) is 0 Å². The van der Waals surface area contributed by atoms with E-state index in [9.17, 15) is 0 Å². The van der Waals surface area contributed by atoms with Crippen LogP contribution in [-0.2, 0) is 0 Å². The van der Waals surface area contributed by atoms with Crippen molar-refractivity contribution in [3.63, 3.8) is 0 Å². The van der Waals surface area contributed by atoms with Crippen molar-refractivity contribution in [1.29, 1.82) is 0 Å². The number of aromatic nitrogens is 2. The lowest BCUT2D eigenvalue weighted by Gasteiger charge is -2.00. The summed E-state index contributed by atoms with van der Waals surface area (Å²) in [7, 11) is 0. The molecule has 0 unspecified atom stereocenters. The van der Waals surface area contributed by atoms with Crippen LogP contribution in [0.25, 0.3) is 16.1 Å². The molecular weight excluding hydrogens is 202 g/mol. The van der Waals surface area contributed by atoms with E-state index in [0.29, 0.717) is 0 Å². The first-order valence-electron chi connectivity index (χ1n) is 4.95. The lowest BCUT2D eigenvalue weighted by atomic mass is 10.2. The van der Waals surface area contributed by atoms with Crippen LogP contribution in [0.3, 0.4) is 0 Å². The molecule has 0 N–H and O–H groups in total. The number of hydrogen-bond acceptors (Lipinski definition) is 2. The highest BCUT2D eigenvalue weighted by molar-refractivity contribution is 5.31. The van der Waals surface area contributed by atoms with Crippen LogP contribution >= 0.6 is 0 Å². The molecule has 0 amide bonds. The van der Waals surface area contributed by atoms with E-state index >= 15 is 0 Å². The molecule has 0 aliphatic rings. The van der Waals surface area contributed by atoms with E-state index in [-0.39, 0.29) is 6.04 Å². The lowest BCUT2D eigenvalue weighted by Crippen LogP contribution is -1.93. The number of para-hydroxylation sites is 1. The monoisotopic (exact) mass is 213 g/mol. The van der Waals surface area contributed by atoms with Crippen molar-refractivity contribution in [2.24, 2.45) is 5.11 Å². The van der Waals surface area contributed by atoms with E-state index in [1.54, 1.807) is 10.9 Å². The second kappa shape index (κ2) is 4.51. The molecule has 0 spiro atoms. The van der Waals surface area contributed by atoms with Gasteiger partial charge in [-0.1, -0.05) is 30.2 Å². The van der Waals surface area contributed by atoms with Crippen molar-refractivity contribution < 1.29 is 0 Å². The Kier molecular flexibility index (Phi) is 2.89. The summed E-state index contributed by atoms with van der Waals surface area (Å²) >= 11 is 0. The van der Waals surface area contributed by atoms with E-state index in [2.05, 4.69) is 15.1 Å². The van der Waals surface area contributed by atoms with Gasteiger partial charge in [0.2, 0.25) is 0 Å². The summed E-state index contributed by atoms with van der Waals surface area (Å²) in [6.45, 7) is 1.84. The second-order valence-electron chi connectivity index (χ2n) is 3.43. The highest BCUT2D eigenvalue weighted by Crippen LogP contribution is 2.17. The predicted octanol–water partition coefficient (Wildman–Crippen LogP) is 3.24. The fraction of sp³-hybridized carbons (Fsp3) is 0.182. The van der Waals surface area contributed by atoms with Gasteiger partial charge in [0, 0.05) is 11.1 Å². The Balaban J connectivity index is 2.30. The summed E-state index contributed by atoms with van der Waals surface area (Å²) in [5.41, 5.74) is 10.2. The van der Waals surface area contributed by atoms with Gasteiger partial charge in [0.25, 0.3) is 0 Å². The number of rotatable bonds is 3. The third kappa shape index (κ3) is 2.04. The minimum atomic E-state index is -0.192. The molecule has 0 fully saturated rings. The van der Waals surface area contributed by atoms with Crippen LogP contribution in [0, 0.1) is 0 Å². The molecule has 80 valence electrons. The quantitative estimate of drug-likeness (QED) is 0.438. The van der Waals surface area contributed by atoms with Gasteiger partial charge < -0.3 is 0 Å². The molecule has 5 heteroatoms. The first-order valence-corrected chi connectivity index (χ1v) is 4.95. The molecule has 1 aromatic carbocycles. The first kappa shape index (κ1) is 10.3. The Hall–Kier alpha value is -2.26. The maximum atomic E-state index is 8.35. The van der Waals surface area contributed by atoms with Crippen molar-refractivity contribution >= 4 is 0 Å². The Bertz CT molecular complexity index is 510. The zero-order valence-electron chi connectivity index (χ0n) is 8.85. The zero-order chi connectivity index (χ0) is 11.4. The number of hydrogen-bond donors (Lipinski definition) is 0. The summed E-state index contributed by atoms with van der Waals surface area (Å²) in [4.78, 5) is 2.78. The van der Waals surface area contributed by atoms with E-state index in [4.69, 9.17) is 5.53 Å². The van der Waals surface area contributed by atoms with Gasteiger partial charge in [-0.25, -0.2) is 4.68 Å². The number of nitrogens with zero attached hydrogens (tertiary/aromatic N) is 5. The Morgan fingerprint density at radius 1 is 1.38 bits per heavy atom. The molecule has 0 saturated heterocycles. The molecule has 0 aliphatic heterocycles. The average molecular weight is 213 g/mol. The standard InChI is InChI=1S/C11H11N5/c1-9(14-15-12)10-7-13-16(8-10)11-5-3-2-4-6-11/h2-9H,1H3/t9-/m1/s1. The average Bonchev–Trinajstić information content (AvgIpc) is 2.80. The van der Waals surface area contributed by atoms with Crippen molar-refractivity contribution in [3.05, 3.63) is 58.7 Å². The Labute approximate surface area is 93.0 Å². The zero-order valence-corrected chi connectivity index (χ0v) is 8.85. The SMILES string of the molecule is C[C@@H](N=[N+]=[N-])c1cnn(-c2ccccc2)c1. The van der Waals surface area contributed by atoms with Gasteiger partial charge in [-0.3, -0.25) is 0 Å². The molecule has 0 aliphatic carbocycles. The van der Waals surface area contributed by atoms with Gasteiger partial charge in [0.05, 0.1) is 17.9 Å². The minimum Gasteiger partial charge on any atom is -0.241 e. The molecule has 5 nitrogen and oxygen atoms in total. The summed E-state index contributed by atoms with van der Waals surface area (Å²) in [6, 6.07) is 9.60. The van der Waals surface area contributed by atoms with Crippen LogP contribution in [0.4, 0.5) is 0 Å².